The van der Waals surface area contributed by atoms with Gasteiger partial charge in [0.1, 0.15) is 5.82 Å². The lowest BCUT2D eigenvalue weighted by Gasteiger charge is -2.09. The van der Waals surface area contributed by atoms with Crippen molar-refractivity contribution in [1.82, 2.24) is 5.32 Å². The fourth-order valence-electron chi connectivity index (χ4n) is 1.73. The molecule has 0 atom stereocenters. The third kappa shape index (κ3) is 3.52. The molecule has 2 rings (SSSR count). The Labute approximate surface area is 114 Å². The number of nitrogens with zero attached hydrogens (tertiary/aromatic N) is 1. The van der Waals surface area contributed by atoms with Crippen LogP contribution in [0.25, 0.3) is 0 Å². The Morgan fingerprint density at radius 3 is 2.89 bits per heavy atom. The quantitative estimate of drug-likeness (QED) is 0.340. The topological polar surface area (TPSA) is 70.6 Å². The van der Waals surface area contributed by atoms with Crippen LogP contribution in [0.15, 0.2) is 40.9 Å². The van der Waals surface area contributed by atoms with Crippen LogP contribution in [0.3, 0.4) is 0 Å². The molecule has 0 aliphatic rings. The molecule has 0 saturated heterocycles. The standard InChI is InChI=1S/C13H14FN3OS/c14-10-4-3-9(12(6-10)13(15)17-18)7-16-8-11-2-1-5-19-11/h1-6,16,18H,7-8H2,(H2,15,17). The average Bonchev–Trinajstić information content (AvgIpc) is 2.92. The first-order valence-corrected chi connectivity index (χ1v) is 6.58. The molecule has 6 heteroatoms. The second-order valence-corrected chi connectivity index (χ2v) is 5.00. The van der Waals surface area contributed by atoms with Crippen molar-refractivity contribution in [2.75, 3.05) is 0 Å². The largest absolute Gasteiger partial charge is 0.409 e. The highest BCUT2D eigenvalue weighted by atomic mass is 32.1. The molecule has 4 nitrogen and oxygen atoms in total. The van der Waals surface area contributed by atoms with Gasteiger partial charge in [0, 0.05) is 23.5 Å². The number of nitrogens with two attached hydrogens (primary N) is 1. The van der Waals surface area contributed by atoms with Crippen LogP contribution in [-0.2, 0) is 13.1 Å². The van der Waals surface area contributed by atoms with E-state index in [2.05, 4.69) is 10.5 Å². The second-order valence-electron chi connectivity index (χ2n) is 3.97. The minimum Gasteiger partial charge on any atom is -0.409 e. The Morgan fingerprint density at radius 2 is 2.21 bits per heavy atom. The van der Waals surface area contributed by atoms with E-state index in [-0.39, 0.29) is 5.84 Å². The molecule has 1 heterocycles. The minimum absolute atomic E-state index is 0.0903. The van der Waals surface area contributed by atoms with Crippen molar-refractivity contribution in [3.05, 3.63) is 57.5 Å². The van der Waals surface area contributed by atoms with E-state index >= 15 is 0 Å². The van der Waals surface area contributed by atoms with Gasteiger partial charge in [0.2, 0.25) is 0 Å². The van der Waals surface area contributed by atoms with Crippen LogP contribution in [0.1, 0.15) is 16.0 Å². The molecule has 0 unspecified atom stereocenters. The van der Waals surface area contributed by atoms with Crippen molar-refractivity contribution in [2.45, 2.75) is 13.1 Å². The number of hydrogen-bond donors (Lipinski definition) is 3. The lowest BCUT2D eigenvalue weighted by atomic mass is 10.1. The summed E-state index contributed by atoms with van der Waals surface area (Å²) in [4.78, 5) is 1.22. The van der Waals surface area contributed by atoms with E-state index in [1.54, 1.807) is 17.4 Å². The Bertz CT molecular complexity index is 569. The van der Waals surface area contributed by atoms with E-state index in [0.717, 1.165) is 12.1 Å². The molecule has 1 aromatic carbocycles. The number of nitrogens with one attached hydrogen (secondary N) is 1. The predicted octanol–water partition coefficient (Wildman–Crippen LogP) is 2.27. The number of hydrogen-bond acceptors (Lipinski definition) is 4. The molecule has 0 radical (unpaired) electrons. The maximum atomic E-state index is 13.2. The number of halogens is 1. The maximum absolute atomic E-state index is 13.2. The summed E-state index contributed by atoms with van der Waals surface area (Å²) in [6.45, 7) is 1.24. The zero-order valence-corrected chi connectivity index (χ0v) is 11.0. The van der Waals surface area contributed by atoms with Crippen LogP contribution in [0, 0.1) is 5.82 Å². The Kier molecular flexibility index (Phi) is 4.48. The van der Waals surface area contributed by atoms with Crippen LogP contribution in [0.4, 0.5) is 4.39 Å². The Hall–Kier alpha value is -1.92. The van der Waals surface area contributed by atoms with Gasteiger partial charge in [0.25, 0.3) is 0 Å². The molecule has 19 heavy (non-hydrogen) atoms. The van der Waals surface area contributed by atoms with Crippen molar-refractivity contribution in [1.29, 1.82) is 0 Å². The summed E-state index contributed by atoms with van der Waals surface area (Å²) in [5, 5.41) is 16.9. The van der Waals surface area contributed by atoms with Crippen molar-refractivity contribution >= 4 is 17.2 Å². The normalized spacial score (nSPS) is 11.7. The first-order chi connectivity index (χ1) is 9.20. The molecule has 0 aliphatic heterocycles. The Balaban J connectivity index is 2.07. The van der Waals surface area contributed by atoms with Gasteiger partial charge >= 0.3 is 0 Å². The third-order valence-electron chi connectivity index (χ3n) is 2.65. The monoisotopic (exact) mass is 279 g/mol. The van der Waals surface area contributed by atoms with Gasteiger partial charge in [-0.15, -0.1) is 11.3 Å². The molecule has 0 bridgehead atoms. The molecule has 0 saturated carbocycles. The lowest BCUT2D eigenvalue weighted by Crippen LogP contribution is -2.20. The highest BCUT2D eigenvalue weighted by molar-refractivity contribution is 7.09. The number of oxime groups is 1. The fourth-order valence-corrected chi connectivity index (χ4v) is 2.40. The van der Waals surface area contributed by atoms with E-state index in [0.29, 0.717) is 12.1 Å². The number of thiophene rings is 1. The van der Waals surface area contributed by atoms with Crippen molar-refractivity contribution in [2.24, 2.45) is 10.9 Å². The zero-order chi connectivity index (χ0) is 13.7. The highest BCUT2D eigenvalue weighted by Crippen LogP contribution is 2.12. The molecule has 0 aliphatic carbocycles. The molecular formula is C13H14FN3OS. The van der Waals surface area contributed by atoms with Gasteiger partial charge in [-0.2, -0.15) is 0 Å². The van der Waals surface area contributed by atoms with Gasteiger partial charge in [-0.05, 0) is 29.1 Å². The minimum atomic E-state index is -0.413. The molecule has 0 amide bonds. The summed E-state index contributed by atoms with van der Waals surface area (Å²) in [6.07, 6.45) is 0. The van der Waals surface area contributed by atoms with E-state index in [9.17, 15) is 4.39 Å². The summed E-state index contributed by atoms with van der Waals surface area (Å²) >= 11 is 1.66. The molecule has 0 spiro atoms. The second kappa shape index (κ2) is 6.31. The zero-order valence-electron chi connectivity index (χ0n) is 10.1. The van der Waals surface area contributed by atoms with Gasteiger partial charge in [0.15, 0.2) is 5.84 Å². The van der Waals surface area contributed by atoms with E-state index < -0.39 is 5.82 Å². The molecule has 2 aromatic rings. The maximum Gasteiger partial charge on any atom is 0.170 e. The SMILES string of the molecule is NC(=NO)c1cc(F)ccc1CNCc1cccs1. The van der Waals surface area contributed by atoms with Crippen molar-refractivity contribution < 1.29 is 9.60 Å². The average molecular weight is 279 g/mol. The number of benzene rings is 1. The van der Waals surface area contributed by atoms with Gasteiger partial charge in [-0.3, -0.25) is 0 Å². The summed E-state index contributed by atoms with van der Waals surface area (Å²) < 4.78 is 13.2. The summed E-state index contributed by atoms with van der Waals surface area (Å²) in [5.41, 5.74) is 6.73. The smallest absolute Gasteiger partial charge is 0.170 e. The molecule has 0 fully saturated rings. The summed E-state index contributed by atoms with van der Waals surface area (Å²) in [7, 11) is 0. The van der Waals surface area contributed by atoms with E-state index in [1.807, 2.05) is 17.5 Å². The van der Waals surface area contributed by atoms with Gasteiger partial charge in [-0.25, -0.2) is 4.39 Å². The fraction of sp³-hybridized carbons (Fsp3) is 0.154. The van der Waals surface area contributed by atoms with Crippen molar-refractivity contribution in [3.63, 3.8) is 0 Å². The van der Waals surface area contributed by atoms with Gasteiger partial charge in [-0.1, -0.05) is 17.3 Å². The van der Waals surface area contributed by atoms with E-state index in [4.69, 9.17) is 10.9 Å². The summed E-state index contributed by atoms with van der Waals surface area (Å²) in [5.74, 6) is -0.504. The number of amidine groups is 1. The highest BCUT2D eigenvalue weighted by Gasteiger charge is 2.08. The van der Waals surface area contributed by atoms with Crippen LogP contribution in [-0.4, -0.2) is 11.0 Å². The molecule has 1 aromatic heterocycles. The lowest BCUT2D eigenvalue weighted by molar-refractivity contribution is 0.318. The molecular weight excluding hydrogens is 265 g/mol. The molecule has 4 N–H and O–H groups in total. The Morgan fingerprint density at radius 1 is 1.37 bits per heavy atom. The van der Waals surface area contributed by atoms with Crippen LogP contribution in [0.5, 0.6) is 0 Å². The van der Waals surface area contributed by atoms with Gasteiger partial charge < -0.3 is 16.3 Å². The van der Waals surface area contributed by atoms with Crippen molar-refractivity contribution in [3.8, 4) is 0 Å². The first kappa shape index (κ1) is 13.5. The molecule has 100 valence electrons. The summed E-state index contributed by atoms with van der Waals surface area (Å²) in [6, 6.07) is 8.27. The number of rotatable bonds is 5. The first-order valence-electron chi connectivity index (χ1n) is 5.70. The third-order valence-corrected chi connectivity index (χ3v) is 3.53. The van der Waals surface area contributed by atoms with E-state index in [1.165, 1.54) is 17.0 Å². The van der Waals surface area contributed by atoms with Crippen LogP contribution in [0.2, 0.25) is 0 Å². The van der Waals surface area contributed by atoms with Crippen LogP contribution >= 0.6 is 11.3 Å². The van der Waals surface area contributed by atoms with Gasteiger partial charge in [0.05, 0.1) is 0 Å². The predicted molar refractivity (Wildman–Crippen MR) is 73.8 cm³/mol. The van der Waals surface area contributed by atoms with Crippen LogP contribution < -0.4 is 11.1 Å².